The Morgan fingerprint density at radius 2 is 2.19 bits per heavy atom. The number of nitrogens with zero attached hydrogens (tertiary/aromatic N) is 2. The second-order valence-corrected chi connectivity index (χ2v) is 6.22. The predicted molar refractivity (Wildman–Crippen MR) is 82.7 cm³/mol. The Hall–Kier alpha value is -1.55. The molecule has 1 heterocycles. The number of carbonyl (C=O) groups is 1. The van der Waals surface area contributed by atoms with Crippen molar-refractivity contribution in [3.63, 3.8) is 0 Å². The standard InChI is InChI=1S/C16H19ClN2O2/c1-4-21-15(20)16(8-9-16)14-18-12-7-5-6-11(17)13(12)19(14)10(2)3/h5-7,10H,4,8-9H2,1-3H3. The van der Waals surface area contributed by atoms with E-state index in [1.54, 1.807) is 0 Å². The van der Waals surface area contributed by atoms with E-state index in [0.717, 1.165) is 29.7 Å². The van der Waals surface area contributed by atoms with Crippen molar-refractivity contribution in [3.05, 3.63) is 29.0 Å². The van der Waals surface area contributed by atoms with Crippen LogP contribution in [-0.4, -0.2) is 22.1 Å². The molecule has 0 N–H and O–H groups in total. The van der Waals surface area contributed by atoms with Crippen molar-refractivity contribution in [2.24, 2.45) is 0 Å². The van der Waals surface area contributed by atoms with Gasteiger partial charge >= 0.3 is 5.97 Å². The normalized spacial score (nSPS) is 16.4. The van der Waals surface area contributed by atoms with Crippen LogP contribution in [0.5, 0.6) is 0 Å². The lowest BCUT2D eigenvalue weighted by Crippen LogP contribution is -2.27. The van der Waals surface area contributed by atoms with Gasteiger partial charge in [0.15, 0.2) is 0 Å². The minimum absolute atomic E-state index is 0.168. The van der Waals surface area contributed by atoms with Crippen molar-refractivity contribution >= 4 is 28.6 Å². The van der Waals surface area contributed by atoms with Gasteiger partial charge in [0, 0.05) is 6.04 Å². The Morgan fingerprint density at radius 3 is 2.76 bits per heavy atom. The number of imidazole rings is 1. The SMILES string of the molecule is CCOC(=O)C1(c2nc3cccc(Cl)c3n2C(C)C)CC1. The summed E-state index contributed by atoms with van der Waals surface area (Å²) in [4.78, 5) is 17.1. The summed E-state index contributed by atoms with van der Waals surface area (Å²) in [6, 6.07) is 5.86. The van der Waals surface area contributed by atoms with Gasteiger partial charge < -0.3 is 9.30 Å². The highest BCUT2D eigenvalue weighted by atomic mass is 35.5. The molecule has 4 nitrogen and oxygen atoms in total. The minimum Gasteiger partial charge on any atom is -0.465 e. The second kappa shape index (κ2) is 5.02. The molecule has 3 rings (SSSR count). The van der Waals surface area contributed by atoms with Crippen LogP contribution in [0.25, 0.3) is 11.0 Å². The molecule has 0 radical (unpaired) electrons. The van der Waals surface area contributed by atoms with Crippen molar-refractivity contribution in [1.29, 1.82) is 0 Å². The molecular weight excluding hydrogens is 288 g/mol. The van der Waals surface area contributed by atoms with E-state index >= 15 is 0 Å². The van der Waals surface area contributed by atoms with Gasteiger partial charge in [0.25, 0.3) is 0 Å². The number of fused-ring (bicyclic) bond motifs is 1. The topological polar surface area (TPSA) is 44.1 Å². The van der Waals surface area contributed by atoms with E-state index < -0.39 is 5.41 Å². The van der Waals surface area contributed by atoms with E-state index in [9.17, 15) is 4.79 Å². The Bertz CT molecular complexity index is 702. The molecular formula is C16H19ClN2O2. The fourth-order valence-electron chi connectivity index (χ4n) is 2.86. The van der Waals surface area contributed by atoms with Crippen molar-refractivity contribution in [2.75, 3.05) is 6.61 Å². The number of ether oxygens (including phenoxy) is 1. The molecule has 21 heavy (non-hydrogen) atoms. The van der Waals surface area contributed by atoms with Gasteiger partial charge in [0.1, 0.15) is 11.2 Å². The summed E-state index contributed by atoms with van der Waals surface area (Å²) in [5.74, 6) is 0.623. The Kier molecular flexibility index (Phi) is 3.44. The molecule has 1 saturated carbocycles. The van der Waals surface area contributed by atoms with E-state index in [4.69, 9.17) is 21.3 Å². The number of hydrogen-bond donors (Lipinski definition) is 0. The highest BCUT2D eigenvalue weighted by Gasteiger charge is 2.56. The summed E-state index contributed by atoms with van der Waals surface area (Å²) in [6.07, 6.45) is 1.58. The summed E-state index contributed by atoms with van der Waals surface area (Å²) >= 11 is 6.35. The number of para-hydroxylation sites is 1. The maximum Gasteiger partial charge on any atom is 0.319 e. The number of aromatic nitrogens is 2. The molecule has 0 atom stereocenters. The highest BCUT2D eigenvalue weighted by molar-refractivity contribution is 6.35. The molecule has 5 heteroatoms. The molecule has 112 valence electrons. The highest BCUT2D eigenvalue weighted by Crippen LogP contribution is 2.50. The monoisotopic (exact) mass is 306 g/mol. The zero-order valence-corrected chi connectivity index (χ0v) is 13.3. The van der Waals surface area contributed by atoms with Gasteiger partial charge in [-0.2, -0.15) is 0 Å². The molecule has 0 spiro atoms. The van der Waals surface area contributed by atoms with Crippen LogP contribution in [0.1, 0.15) is 45.5 Å². The summed E-state index contributed by atoms with van der Waals surface area (Å²) in [6.45, 7) is 6.38. The zero-order valence-electron chi connectivity index (χ0n) is 12.5. The number of rotatable bonds is 4. The van der Waals surface area contributed by atoms with Crippen LogP contribution >= 0.6 is 11.6 Å². The molecule has 1 aliphatic rings. The predicted octanol–water partition coefficient (Wildman–Crippen LogP) is 3.87. The van der Waals surface area contributed by atoms with Gasteiger partial charge in [0.05, 0.1) is 22.7 Å². The minimum atomic E-state index is -0.581. The maximum absolute atomic E-state index is 12.4. The second-order valence-electron chi connectivity index (χ2n) is 5.81. The first kappa shape index (κ1) is 14.4. The average Bonchev–Trinajstić information content (AvgIpc) is 3.14. The Balaban J connectivity index is 2.22. The smallest absolute Gasteiger partial charge is 0.319 e. The molecule has 1 aromatic carbocycles. The molecule has 0 unspecified atom stereocenters. The lowest BCUT2D eigenvalue weighted by Gasteiger charge is -2.19. The molecule has 2 aromatic rings. The lowest BCUT2D eigenvalue weighted by molar-refractivity contribution is -0.146. The van der Waals surface area contributed by atoms with Gasteiger partial charge in [-0.15, -0.1) is 0 Å². The van der Waals surface area contributed by atoms with Crippen LogP contribution in [0.4, 0.5) is 0 Å². The number of hydrogen-bond acceptors (Lipinski definition) is 3. The summed E-state index contributed by atoms with van der Waals surface area (Å²) in [5.41, 5.74) is 1.16. The summed E-state index contributed by atoms with van der Waals surface area (Å²) in [7, 11) is 0. The molecule has 1 aromatic heterocycles. The average molecular weight is 307 g/mol. The van der Waals surface area contributed by atoms with Crippen molar-refractivity contribution in [2.45, 2.75) is 45.1 Å². The first-order valence-electron chi connectivity index (χ1n) is 7.35. The number of esters is 1. The van der Waals surface area contributed by atoms with Crippen LogP contribution in [0.15, 0.2) is 18.2 Å². The summed E-state index contributed by atoms with van der Waals surface area (Å²) < 4.78 is 7.34. The van der Waals surface area contributed by atoms with Crippen molar-refractivity contribution in [3.8, 4) is 0 Å². The van der Waals surface area contributed by atoms with Crippen LogP contribution < -0.4 is 0 Å². The molecule has 0 aliphatic heterocycles. The molecule has 1 fully saturated rings. The first-order valence-corrected chi connectivity index (χ1v) is 7.73. The number of benzene rings is 1. The largest absolute Gasteiger partial charge is 0.465 e. The van der Waals surface area contributed by atoms with E-state index in [0.29, 0.717) is 11.6 Å². The Labute approximate surface area is 129 Å². The van der Waals surface area contributed by atoms with E-state index in [1.807, 2.05) is 25.1 Å². The maximum atomic E-state index is 12.4. The third kappa shape index (κ3) is 2.13. The van der Waals surface area contributed by atoms with Gasteiger partial charge in [-0.3, -0.25) is 4.79 Å². The molecule has 0 bridgehead atoms. The van der Waals surface area contributed by atoms with Gasteiger partial charge in [0.2, 0.25) is 0 Å². The third-order valence-electron chi connectivity index (χ3n) is 4.02. The fourth-order valence-corrected chi connectivity index (χ4v) is 3.12. The lowest BCUT2D eigenvalue weighted by atomic mass is 10.1. The fraction of sp³-hybridized carbons (Fsp3) is 0.500. The molecule has 0 saturated heterocycles. The van der Waals surface area contributed by atoms with E-state index in [-0.39, 0.29) is 12.0 Å². The van der Waals surface area contributed by atoms with E-state index in [2.05, 4.69) is 18.4 Å². The van der Waals surface area contributed by atoms with Crippen LogP contribution in [0, 0.1) is 0 Å². The Morgan fingerprint density at radius 1 is 1.48 bits per heavy atom. The van der Waals surface area contributed by atoms with Crippen LogP contribution in [0.2, 0.25) is 5.02 Å². The quantitative estimate of drug-likeness (QED) is 0.806. The van der Waals surface area contributed by atoms with Crippen LogP contribution in [0.3, 0.4) is 0 Å². The van der Waals surface area contributed by atoms with Gasteiger partial charge in [-0.25, -0.2) is 4.98 Å². The molecule has 0 amide bonds. The van der Waals surface area contributed by atoms with Crippen LogP contribution in [-0.2, 0) is 14.9 Å². The first-order chi connectivity index (χ1) is 10.0. The zero-order chi connectivity index (χ0) is 15.2. The van der Waals surface area contributed by atoms with Gasteiger partial charge in [-0.05, 0) is 45.7 Å². The van der Waals surface area contributed by atoms with Crippen molar-refractivity contribution in [1.82, 2.24) is 9.55 Å². The number of halogens is 1. The molecule has 1 aliphatic carbocycles. The summed E-state index contributed by atoms with van der Waals surface area (Å²) in [5, 5.41) is 0.666. The third-order valence-corrected chi connectivity index (χ3v) is 4.33. The van der Waals surface area contributed by atoms with E-state index in [1.165, 1.54) is 0 Å². The van der Waals surface area contributed by atoms with Gasteiger partial charge in [-0.1, -0.05) is 17.7 Å². The van der Waals surface area contributed by atoms with Crippen molar-refractivity contribution < 1.29 is 9.53 Å². The number of carbonyl (C=O) groups excluding carboxylic acids is 1.